The SMILES string of the molecule is COc1cccc(O[C@H](C)C(=O)N2CCc3nc([C@@H]4CCCN4C)ncc3C2)c1. The van der Waals surface area contributed by atoms with Gasteiger partial charge in [-0.1, -0.05) is 6.07 Å². The second-order valence-corrected chi connectivity index (χ2v) is 7.79. The van der Waals surface area contributed by atoms with Gasteiger partial charge in [-0.2, -0.15) is 0 Å². The van der Waals surface area contributed by atoms with Crippen LogP contribution in [0.4, 0.5) is 0 Å². The average Bonchev–Trinajstić information content (AvgIpc) is 3.18. The number of rotatable bonds is 5. The van der Waals surface area contributed by atoms with Crippen LogP contribution in [-0.2, 0) is 17.8 Å². The molecular weight excluding hydrogens is 368 g/mol. The van der Waals surface area contributed by atoms with Gasteiger partial charge in [0.1, 0.15) is 17.3 Å². The molecule has 2 atom stereocenters. The van der Waals surface area contributed by atoms with Crippen molar-refractivity contribution in [2.75, 3.05) is 27.2 Å². The third kappa shape index (κ3) is 4.19. The van der Waals surface area contributed by atoms with Crippen molar-refractivity contribution in [1.29, 1.82) is 0 Å². The van der Waals surface area contributed by atoms with E-state index in [1.165, 1.54) is 6.42 Å². The molecule has 29 heavy (non-hydrogen) atoms. The lowest BCUT2D eigenvalue weighted by Gasteiger charge is -2.31. The van der Waals surface area contributed by atoms with Gasteiger partial charge in [0.05, 0.1) is 18.8 Å². The number of carbonyl (C=O) groups is 1. The van der Waals surface area contributed by atoms with E-state index >= 15 is 0 Å². The van der Waals surface area contributed by atoms with E-state index in [1.54, 1.807) is 20.1 Å². The van der Waals surface area contributed by atoms with Crippen molar-refractivity contribution in [2.45, 2.75) is 44.9 Å². The summed E-state index contributed by atoms with van der Waals surface area (Å²) >= 11 is 0. The van der Waals surface area contributed by atoms with E-state index in [2.05, 4.69) is 16.9 Å². The van der Waals surface area contributed by atoms with Gasteiger partial charge < -0.3 is 14.4 Å². The molecule has 2 aliphatic heterocycles. The number of methoxy groups -OCH3 is 1. The zero-order valence-corrected chi connectivity index (χ0v) is 17.3. The van der Waals surface area contributed by atoms with Crippen LogP contribution in [0.3, 0.4) is 0 Å². The largest absolute Gasteiger partial charge is 0.497 e. The summed E-state index contributed by atoms with van der Waals surface area (Å²) in [5.74, 6) is 2.21. The van der Waals surface area contributed by atoms with E-state index in [-0.39, 0.29) is 5.91 Å². The number of benzene rings is 1. The minimum atomic E-state index is -0.573. The Kier molecular flexibility index (Phi) is 5.67. The molecule has 0 N–H and O–H groups in total. The Balaban J connectivity index is 1.41. The number of aromatic nitrogens is 2. The standard InChI is InChI=1S/C22H28N4O3/c1-15(29-18-7-4-6-17(12-18)28-3)22(27)26-11-9-19-16(14-26)13-23-21(24-19)20-8-5-10-25(20)2/h4,6-7,12-13,15,20H,5,8-11,14H2,1-3H3/t15-,20+/m1/s1. The predicted octanol–water partition coefficient (Wildman–Crippen LogP) is 2.60. The highest BCUT2D eigenvalue weighted by Gasteiger charge is 2.29. The third-order valence-corrected chi connectivity index (χ3v) is 5.78. The highest BCUT2D eigenvalue weighted by atomic mass is 16.5. The Morgan fingerprint density at radius 2 is 2.10 bits per heavy atom. The molecule has 3 heterocycles. The fraction of sp³-hybridized carbons (Fsp3) is 0.500. The van der Waals surface area contributed by atoms with Gasteiger partial charge in [-0.15, -0.1) is 0 Å². The third-order valence-electron chi connectivity index (χ3n) is 5.78. The first-order valence-corrected chi connectivity index (χ1v) is 10.2. The van der Waals surface area contributed by atoms with E-state index in [4.69, 9.17) is 14.5 Å². The van der Waals surface area contributed by atoms with Crippen LogP contribution in [0, 0.1) is 0 Å². The number of carbonyl (C=O) groups excluding carboxylic acids is 1. The molecule has 0 aliphatic carbocycles. The van der Waals surface area contributed by atoms with Crippen LogP contribution < -0.4 is 9.47 Å². The molecule has 2 aliphatic rings. The summed E-state index contributed by atoms with van der Waals surface area (Å²) in [5, 5.41) is 0. The van der Waals surface area contributed by atoms with E-state index < -0.39 is 6.10 Å². The van der Waals surface area contributed by atoms with Crippen molar-refractivity contribution >= 4 is 5.91 Å². The molecule has 0 saturated carbocycles. The van der Waals surface area contributed by atoms with Crippen LogP contribution in [0.15, 0.2) is 30.5 Å². The van der Waals surface area contributed by atoms with Gasteiger partial charge in [-0.3, -0.25) is 9.69 Å². The molecule has 7 nitrogen and oxygen atoms in total. The number of nitrogens with zero attached hydrogens (tertiary/aromatic N) is 4. The van der Waals surface area contributed by atoms with E-state index in [0.717, 1.165) is 36.5 Å². The minimum absolute atomic E-state index is 0.0296. The fourth-order valence-electron chi connectivity index (χ4n) is 4.10. The summed E-state index contributed by atoms with van der Waals surface area (Å²) in [6.07, 6.45) is 4.38. The van der Waals surface area contributed by atoms with Crippen molar-refractivity contribution in [3.63, 3.8) is 0 Å². The molecule has 2 aromatic rings. The maximum Gasteiger partial charge on any atom is 0.263 e. The summed E-state index contributed by atoms with van der Waals surface area (Å²) in [6.45, 7) is 4.06. The zero-order chi connectivity index (χ0) is 20.4. The number of fused-ring (bicyclic) bond motifs is 1. The van der Waals surface area contributed by atoms with Crippen molar-refractivity contribution in [3.05, 3.63) is 47.5 Å². The number of ether oxygens (including phenoxy) is 2. The van der Waals surface area contributed by atoms with E-state index in [1.807, 2.05) is 29.3 Å². The fourth-order valence-corrected chi connectivity index (χ4v) is 4.10. The molecule has 1 aromatic carbocycles. The lowest BCUT2D eigenvalue weighted by Crippen LogP contribution is -2.43. The van der Waals surface area contributed by atoms with Gasteiger partial charge in [0.2, 0.25) is 0 Å². The molecule has 4 rings (SSSR count). The van der Waals surface area contributed by atoms with Gasteiger partial charge in [-0.05, 0) is 45.5 Å². The maximum absolute atomic E-state index is 12.9. The van der Waals surface area contributed by atoms with Crippen LogP contribution in [0.2, 0.25) is 0 Å². The van der Waals surface area contributed by atoms with Crippen LogP contribution in [0.5, 0.6) is 11.5 Å². The Morgan fingerprint density at radius 1 is 1.28 bits per heavy atom. The van der Waals surface area contributed by atoms with Gasteiger partial charge in [-0.25, -0.2) is 9.97 Å². The molecule has 154 valence electrons. The maximum atomic E-state index is 12.9. The second kappa shape index (κ2) is 8.37. The first-order valence-electron chi connectivity index (χ1n) is 10.2. The minimum Gasteiger partial charge on any atom is -0.497 e. The quantitative estimate of drug-likeness (QED) is 0.774. The van der Waals surface area contributed by atoms with Crippen molar-refractivity contribution < 1.29 is 14.3 Å². The molecule has 1 amide bonds. The predicted molar refractivity (Wildman–Crippen MR) is 109 cm³/mol. The molecule has 1 aromatic heterocycles. The smallest absolute Gasteiger partial charge is 0.263 e. The van der Waals surface area contributed by atoms with Crippen molar-refractivity contribution in [1.82, 2.24) is 19.8 Å². The Hall–Kier alpha value is -2.67. The van der Waals surface area contributed by atoms with E-state index in [0.29, 0.717) is 30.6 Å². The molecule has 1 saturated heterocycles. The van der Waals surface area contributed by atoms with Crippen LogP contribution in [0.1, 0.15) is 42.9 Å². The van der Waals surface area contributed by atoms with E-state index in [9.17, 15) is 4.79 Å². The molecule has 0 radical (unpaired) electrons. The number of likely N-dealkylation sites (tertiary alicyclic amines) is 1. The molecular formula is C22H28N4O3. The van der Waals surface area contributed by atoms with Crippen LogP contribution in [-0.4, -0.2) is 59.0 Å². The van der Waals surface area contributed by atoms with Crippen LogP contribution >= 0.6 is 0 Å². The topological polar surface area (TPSA) is 67.8 Å². The Morgan fingerprint density at radius 3 is 2.86 bits per heavy atom. The summed E-state index contributed by atoms with van der Waals surface area (Å²) < 4.78 is 11.1. The Bertz CT molecular complexity index is 888. The monoisotopic (exact) mass is 396 g/mol. The number of hydrogen-bond donors (Lipinski definition) is 0. The first kappa shape index (κ1) is 19.6. The average molecular weight is 396 g/mol. The summed E-state index contributed by atoms with van der Waals surface area (Å²) in [5.41, 5.74) is 2.10. The molecule has 0 unspecified atom stereocenters. The highest BCUT2D eigenvalue weighted by molar-refractivity contribution is 5.81. The van der Waals surface area contributed by atoms with Gasteiger partial charge in [0, 0.05) is 37.3 Å². The van der Waals surface area contributed by atoms with Gasteiger partial charge in [0.25, 0.3) is 5.91 Å². The van der Waals surface area contributed by atoms with Crippen molar-refractivity contribution in [3.8, 4) is 11.5 Å². The molecule has 0 bridgehead atoms. The van der Waals surface area contributed by atoms with Gasteiger partial charge in [0.15, 0.2) is 6.10 Å². The zero-order valence-electron chi connectivity index (χ0n) is 17.3. The molecule has 1 fully saturated rings. The molecule has 0 spiro atoms. The Labute approximate surface area is 171 Å². The number of hydrogen-bond acceptors (Lipinski definition) is 6. The highest BCUT2D eigenvalue weighted by Crippen LogP contribution is 2.29. The summed E-state index contributed by atoms with van der Waals surface area (Å²) in [6, 6.07) is 7.62. The molecule has 7 heteroatoms. The normalized spacial score (nSPS) is 20.2. The van der Waals surface area contributed by atoms with Crippen LogP contribution in [0.25, 0.3) is 0 Å². The summed E-state index contributed by atoms with van der Waals surface area (Å²) in [4.78, 5) is 26.5. The summed E-state index contributed by atoms with van der Waals surface area (Å²) in [7, 11) is 3.74. The lowest BCUT2D eigenvalue weighted by molar-refractivity contribution is -0.138. The van der Waals surface area contributed by atoms with Gasteiger partial charge >= 0.3 is 0 Å². The van der Waals surface area contributed by atoms with Crippen molar-refractivity contribution in [2.24, 2.45) is 0 Å². The lowest BCUT2D eigenvalue weighted by atomic mass is 10.1. The second-order valence-electron chi connectivity index (χ2n) is 7.79. The first-order chi connectivity index (χ1) is 14.0. The number of amides is 1.